The Balaban J connectivity index is 2.05. The molecule has 21 heavy (non-hydrogen) atoms. The molecule has 0 saturated carbocycles. The molecule has 0 aliphatic heterocycles. The summed E-state index contributed by atoms with van der Waals surface area (Å²) in [6.45, 7) is 0. The molecule has 5 nitrogen and oxygen atoms in total. The molecule has 1 N–H and O–H groups in total. The van der Waals surface area contributed by atoms with Crippen molar-refractivity contribution in [3.63, 3.8) is 0 Å². The maximum Gasteiger partial charge on any atom is 0.269 e. The van der Waals surface area contributed by atoms with Crippen molar-refractivity contribution >= 4 is 33.8 Å². The number of thiol groups is 1. The van der Waals surface area contributed by atoms with E-state index in [4.69, 9.17) is 4.55 Å². The molecule has 3 aromatic rings. The quantitative estimate of drug-likeness (QED) is 0.575. The van der Waals surface area contributed by atoms with Crippen LogP contribution >= 0.6 is 12.6 Å². The lowest BCUT2D eigenvalue weighted by Crippen LogP contribution is -2.02. The number of aromatic nitrogens is 2. The minimum absolute atomic E-state index is 0.397. The second-order valence-corrected chi connectivity index (χ2v) is 6.48. The van der Waals surface area contributed by atoms with E-state index in [2.05, 4.69) is 17.6 Å². The SMILES string of the molecule is O=S(=O)(O)Cc1ccc(-n2c(S)nc3ccccc32)cc1. The molecule has 0 radical (unpaired) electrons. The van der Waals surface area contributed by atoms with Gasteiger partial charge in [0.1, 0.15) is 5.75 Å². The molecule has 0 aliphatic rings. The third kappa shape index (κ3) is 2.94. The fraction of sp³-hybridized carbons (Fsp3) is 0.0714. The van der Waals surface area contributed by atoms with Gasteiger partial charge in [-0.2, -0.15) is 8.42 Å². The monoisotopic (exact) mass is 320 g/mol. The summed E-state index contributed by atoms with van der Waals surface area (Å²) in [5.41, 5.74) is 3.11. The molecule has 2 aromatic carbocycles. The molecule has 0 bridgehead atoms. The van der Waals surface area contributed by atoms with Crippen molar-refractivity contribution in [2.24, 2.45) is 0 Å². The van der Waals surface area contributed by atoms with Gasteiger partial charge in [0, 0.05) is 5.69 Å². The van der Waals surface area contributed by atoms with Gasteiger partial charge in [-0.15, -0.1) is 12.6 Å². The Morgan fingerprint density at radius 3 is 2.43 bits per heavy atom. The number of fused-ring (bicyclic) bond motifs is 1. The van der Waals surface area contributed by atoms with Crippen LogP contribution in [0, 0.1) is 0 Å². The maximum atomic E-state index is 10.9. The summed E-state index contributed by atoms with van der Waals surface area (Å²) >= 11 is 4.38. The Morgan fingerprint density at radius 1 is 1.10 bits per heavy atom. The van der Waals surface area contributed by atoms with Gasteiger partial charge in [-0.1, -0.05) is 24.3 Å². The molecule has 0 amide bonds. The Morgan fingerprint density at radius 2 is 1.76 bits per heavy atom. The number of para-hydroxylation sites is 2. The topological polar surface area (TPSA) is 72.2 Å². The van der Waals surface area contributed by atoms with Crippen molar-refractivity contribution in [1.82, 2.24) is 9.55 Å². The van der Waals surface area contributed by atoms with Gasteiger partial charge in [-0.05, 0) is 29.8 Å². The average molecular weight is 320 g/mol. The Bertz CT molecular complexity index is 900. The highest BCUT2D eigenvalue weighted by Crippen LogP contribution is 2.23. The molecular weight excluding hydrogens is 308 g/mol. The number of nitrogens with zero attached hydrogens (tertiary/aromatic N) is 2. The Hall–Kier alpha value is -1.83. The van der Waals surface area contributed by atoms with E-state index < -0.39 is 15.9 Å². The van der Waals surface area contributed by atoms with Crippen LogP contribution in [-0.4, -0.2) is 22.5 Å². The molecule has 0 spiro atoms. The lowest BCUT2D eigenvalue weighted by Gasteiger charge is -2.07. The first-order chi connectivity index (χ1) is 9.94. The van der Waals surface area contributed by atoms with Crippen LogP contribution in [0.5, 0.6) is 0 Å². The highest BCUT2D eigenvalue weighted by atomic mass is 32.2. The van der Waals surface area contributed by atoms with E-state index in [1.54, 1.807) is 24.3 Å². The predicted octanol–water partition coefficient (Wildman–Crippen LogP) is 2.70. The molecule has 0 fully saturated rings. The molecule has 7 heteroatoms. The molecule has 0 aliphatic carbocycles. The van der Waals surface area contributed by atoms with Crippen LogP contribution in [-0.2, 0) is 15.9 Å². The van der Waals surface area contributed by atoms with Crippen LogP contribution in [0.15, 0.2) is 53.7 Å². The zero-order chi connectivity index (χ0) is 15.0. The first kappa shape index (κ1) is 14.1. The summed E-state index contributed by atoms with van der Waals surface area (Å²) in [5.74, 6) is -0.397. The van der Waals surface area contributed by atoms with E-state index in [1.807, 2.05) is 28.8 Å². The van der Waals surface area contributed by atoms with Crippen molar-refractivity contribution < 1.29 is 13.0 Å². The van der Waals surface area contributed by atoms with Crippen LogP contribution in [0.25, 0.3) is 16.7 Å². The Labute approximate surface area is 127 Å². The highest BCUT2D eigenvalue weighted by molar-refractivity contribution is 7.85. The fourth-order valence-corrected chi connectivity index (χ4v) is 3.16. The van der Waals surface area contributed by atoms with E-state index in [0.29, 0.717) is 10.7 Å². The van der Waals surface area contributed by atoms with E-state index in [9.17, 15) is 8.42 Å². The van der Waals surface area contributed by atoms with Crippen molar-refractivity contribution in [1.29, 1.82) is 0 Å². The summed E-state index contributed by atoms with van der Waals surface area (Å²) in [5, 5.41) is 0.554. The van der Waals surface area contributed by atoms with Gasteiger partial charge in [-0.3, -0.25) is 9.12 Å². The second kappa shape index (κ2) is 5.18. The third-order valence-electron chi connectivity index (χ3n) is 3.09. The first-order valence-electron chi connectivity index (χ1n) is 6.15. The third-order valence-corrected chi connectivity index (χ3v) is 4.08. The van der Waals surface area contributed by atoms with Crippen LogP contribution in [0.2, 0.25) is 0 Å². The molecule has 3 rings (SSSR count). The van der Waals surface area contributed by atoms with Crippen LogP contribution in [0.3, 0.4) is 0 Å². The summed E-state index contributed by atoms with van der Waals surface area (Å²) in [7, 11) is -4.02. The maximum absolute atomic E-state index is 10.9. The predicted molar refractivity (Wildman–Crippen MR) is 83.6 cm³/mol. The second-order valence-electron chi connectivity index (χ2n) is 4.63. The minimum atomic E-state index is -4.02. The van der Waals surface area contributed by atoms with E-state index >= 15 is 0 Å². The number of benzene rings is 2. The molecule has 0 atom stereocenters. The highest BCUT2D eigenvalue weighted by Gasteiger charge is 2.10. The van der Waals surface area contributed by atoms with Gasteiger partial charge in [0.25, 0.3) is 10.1 Å². The van der Waals surface area contributed by atoms with Gasteiger partial charge in [0.2, 0.25) is 0 Å². The van der Waals surface area contributed by atoms with Crippen LogP contribution < -0.4 is 0 Å². The van der Waals surface area contributed by atoms with E-state index in [0.717, 1.165) is 16.7 Å². The zero-order valence-corrected chi connectivity index (χ0v) is 12.6. The van der Waals surface area contributed by atoms with Gasteiger partial charge in [0.05, 0.1) is 11.0 Å². The summed E-state index contributed by atoms with van der Waals surface area (Å²) in [4.78, 5) is 4.36. The molecular formula is C14H12N2O3S2. The van der Waals surface area contributed by atoms with Gasteiger partial charge in [0.15, 0.2) is 5.16 Å². The van der Waals surface area contributed by atoms with Crippen molar-refractivity contribution in [2.75, 3.05) is 0 Å². The van der Waals surface area contributed by atoms with Gasteiger partial charge >= 0.3 is 0 Å². The van der Waals surface area contributed by atoms with E-state index in [-0.39, 0.29) is 0 Å². The fourth-order valence-electron chi connectivity index (χ4n) is 2.22. The first-order valence-corrected chi connectivity index (χ1v) is 8.20. The van der Waals surface area contributed by atoms with Gasteiger partial charge < -0.3 is 0 Å². The lowest BCUT2D eigenvalue weighted by molar-refractivity contribution is 0.482. The summed E-state index contributed by atoms with van der Waals surface area (Å²) < 4.78 is 32.5. The summed E-state index contributed by atoms with van der Waals surface area (Å²) in [6, 6.07) is 14.5. The smallest absolute Gasteiger partial charge is 0.269 e. The largest absolute Gasteiger partial charge is 0.288 e. The zero-order valence-electron chi connectivity index (χ0n) is 10.8. The van der Waals surface area contributed by atoms with Crippen LogP contribution in [0.4, 0.5) is 0 Å². The average Bonchev–Trinajstić information content (AvgIpc) is 2.74. The Kier molecular flexibility index (Phi) is 3.48. The lowest BCUT2D eigenvalue weighted by atomic mass is 10.2. The molecule has 108 valence electrons. The number of hydrogen-bond acceptors (Lipinski definition) is 4. The number of imidazole rings is 1. The van der Waals surface area contributed by atoms with Crippen LogP contribution in [0.1, 0.15) is 5.56 Å². The molecule has 0 unspecified atom stereocenters. The minimum Gasteiger partial charge on any atom is -0.288 e. The number of rotatable bonds is 3. The van der Waals surface area contributed by atoms with Gasteiger partial charge in [-0.25, -0.2) is 4.98 Å². The molecule has 0 saturated heterocycles. The normalized spacial score (nSPS) is 11.9. The van der Waals surface area contributed by atoms with Crippen molar-refractivity contribution in [2.45, 2.75) is 10.9 Å². The molecule has 1 aromatic heterocycles. The van der Waals surface area contributed by atoms with Crippen molar-refractivity contribution in [3.8, 4) is 5.69 Å². The van der Waals surface area contributed by atoms with E-state index in [1.165, 1.54) is 0 Å². The standard InChI is InChI=1S/C14H12N2O3S2/c17-21(18,19)9-10-5-7-11(8-6-10)16-13-4-2-1-3-12(13)15-14(16)20/h1-8H,9H2,(H,15,20)(H,17,18,19). The summed E-state index contributed by atoms with van der Waals surface area (Å²) in [6.07, 6.45) is 0. The van der Waals surface area contributed by atoms with Crippen molar-refractivity contribution in [3.05, 3.63) is 54.1 Å². The number of hydrogen-bond donors (Lipinski definition) is 2. The molecule has 1 heterocycles.